The van der Waals surface area contributed by atoms with E-state index >= 15 is 0 Å². The third-order valence-electron chi connectivity index (χ3n) is 10.6. The quantitative estimate of drug-likeness (QED) is 0.115. The Balaban J connectivity index is 1.04. The number of nitrogens with zero attached hydrogens (tertiary/aromatic N) is 3. The van der Waals surface area contributed by atoms with Crippen molar-refractivity contribution in [2.45, 2.75) is 49.7 Å². The highest BCUT2D eigenvalue weighted by Crippen LogP contribution is 2.44. The third-order valence-corrected chi connectivity index (χ3v) is 12.0. The second-order valence-electron chi connectivity index (χ2n) is 14.0. The zero-order valence-electron chi connectivity index (χ0n) is 30.9. The predicted molar refractivity (Wildman–Crippen MR) is 209 cm³/mol. The Kier molecular flexibility index (Phi) is 8.94. The highest BCUT2D eigenvalue weighted by Gasteiger charge is 2.49. The monoisotopic (exact) mass is 788 g/mol. The first-order valence-electron chi connectivity index (χ1n) is 18.3. The SMILES string of the molecule is CC[C@]1(OC(=O)CN=C(Cc2ccc(OC)cc2)NS(=O)(=O)c2ccc3ccccc3c2)c2cc3n(c(=O)c2COC1O)Cc1cc2cc4c(cc2nc1-3)OCO4. The Labute approximate surface area is 326 Å². The van der Waals surface area contributed by atoms with Crippen LogP contribution in [-0.4, -0.2) is 61.6 Å². The van der Waals surface area contributed by atoms with Crippen molar-refractivity contribution in [3.8, 4) is 28.6 Å². The lowest BCUT2D eigenvalue weighted by Gasteiger charge is -2.41. The highest BCUT2D eigenvalue weighted by atomic mass is 32.2. The molecule has 0 aliphatic carbocycles. The van der Waals surface area contributed by atoms with Gasteiger partial charge in [-0.2, -0.15) is 0 Å². The number of nitrogens with one attached hydrogen (secondary N) is 1. The number of methoxy groups -OCH3 is 1. The van der Waals surface area contributed by atoms with Gasteiger partial charge in [0.2, 0.25) is 6.79 Å². The molecule has 0 saturated carbocycles. The number of hydrogen-bond acceptors (Lipinski definition) is 12. The first kappa shape index (κ1) is 36.4. The molecule has 2 atom stereocenters. The van der Waals surface area contributed by atoms with Crippen LogP contribution in [0, 0.1) is 0 Å². The lowest BCUT2D eigenvalue weighted by molar-refractivity contribution is -0.249. The lowest BCUT2D eigenvalue weighted by atomic mass is 9.84. The maximum absolute atomic E-state index is 14.1. The minimum atomic E-state index is -4.15. The molecule has 3 aliphatic rings. The van der Waals surface area contributed by atoms with Crippen molar-refractivity contribution in [2.75, 3.05) is 20.4 Å². The van der Waals surface area contributed by atoms with Crippen molar-refractivity contribution in [1.82, 2.24) is 14.3 Å². The van der Waals surface area contributed by atoms with Crippen LogP contribution in [0.1, 0.15) is 35.6 Å². The summed E-state index contributed by atoms with van der Waals surface area (Å²) in [6.07, 6.45) is -1.57. The minimum absolute atomic E-state index is 0.0174. The molecule has 0 fully saturated rings. The molecule has 3 aliphatic heterocycles. The van der Waals surface area contributed by atoms with E-state index in [9.17, 15) is 23.1 Å². The van der Waals surface area contributed by atoms with E-state index in [1.54, 1.807) is 67.1 Å². The normalized spacial score (nSPS) is 18.2. The average molecular weight is 789 g/mol. The molecule has 6 aromatic rings. The van der Waals surface area contributed by atoms with E-state index < -0.39 is 34.4 Å². The molecule has 15 heteroatoms. The number of aliphatic imine (C=N–C) groups is 1. The van der Waals surface area contributed by atoms with Crippen LogP contribution in [0.5, 0.6) is 17.2 Å². The second kappa shape index (κ2) is 14.0. The number of pyridine rings is 2. The molecular weight excluding hydrogens is 753 g/mol. The predicted octanol–water partition coefficient (Wildman–Crippen LogP) is 4.93. The van der Waals surface area contributed by atoms with Crippen molar-refractivity contribution < 1.29 is 42.0 Å². The number of hydrogen-bond donors (Lipinski definition) is 2. The van der Waals surface area contributed by atoms with Crippen LogP contribution in [0.3, 0.4) is 0 Å². The maximum Gasteiger partial charge on any atom is 0.328 e. The Hall–Kier alpha value is -6.29. The summed E-state index contributed by atoms with van der Waals surface area (Å²) >= 11 is 0. The molecule has 2 N–H and O–H groups in total. The van der Waals surface area contributed by atoms with Crippen LogP contribution in [0.4, 0.5) is 0 Å². The first-order chi connectivity index (χ1) is 27.5. The Morgan fingerprint density at radius 1 is 1.00 bits per heavy atom. The topological polar surface area (TPSA) is 177 Å². The summed E-state index contributed by atoms with van der Waals surface area (Å²) in [5, 5.41) is 13.8. The number of ether oxygens (including phenoxy) is 5. The van der Waals surface area contributed by atoms with E-state index in [1.165, 1.54) is 6.07 Å². The van der Waals surface area contributed by atoms with Gasteiger partial charge in [-0.3, -0.25) is 19.3 Å². The fraction of sp³-hybridized carbons (Fsp3) is 0.238. The average Bonchev–Trinajstić information content (AvgIpc) is 3.83. The molecule has 0 amide bonds. The summed E-state index contributed by atoms with van der Waals surface area (Å²) in [4.78, 5) is 37.2. The van der Waals surface area contributed by atoms with Crippen molar-refractivity contribution in [1.29, 1.82) is 0 Å². The van der Waals surface area contributed by atoms with Crippen LogP contribution in [0.15, 0.2) is 106 Å². The van der Waals surface area contributed by atoms with Crippen molar-refractivity contribution in [3.63, 3.8) is 0 Å². The van der Waals surface area contributed by atoms with Crippen LogP contribution in [0.25, 0.3) is 33.1 Å². The molecule has 2 aromatic heterocycles. The molecule has 57 heavy (non-hydrogen) atoms. The molecule has 0 radical (unpaired) electrons. The molecule has 0 bridgehead atoms. The number of amidine groups is 1. The number of carbonyl (C=O) groups is 1. The number of aromatic nitrogens is 2. The molecule has 4 aromatic carbocycles. The standard InChI is InChI=1S/C42H36N4O10S/c1-3-42(32-18-34-39-28(21-46(34)40(48)31(32)22-53-41(42)49)15-27-17-35-36(55-23-54-35)19-33(27)44-39)56-38(47)20-43-37(14-24-8-11-29(52-2)12-9-24)45-57(50,51)30-13-10-25-6-4-5-7-26(25)16-30/h4-13,15-19,41,49H,3,14,20-23H2,1-2H3,(H,43,45)/t41?,42-/m0/s1. The van der Waals surface area contributed by atoms with Gasteiger partial charge in [0.15, 0.2) is 23.4 Å². The Morgan fingerprint density at radius 2 is 1.77 bits per heavy atom. The fourth-order valence-corrected chi connectivity index (χ4v) is 8.75. The zero-order chi connectivity index (χ0) is 39.5. The maximum atomic E-state index is 14.1. The van der Waals surface area contributed by atoms with Gasteiger partial charge < -0.3 is 33.4 Å². The molecule has 5 heterocycles. The Bertz CT molecular complexity index is 2820. The van der Waals surface area contributed by atoms with Gasteiger partial charge in [0.05, 0.1) is 47.6 Å². The molecule has 290 valence electrons. The number of benzene rings is 4. The largest absolute Gasteiger partial charge is 0.497 e. The lowest BCUT2D eigenvalue weighted by Crippen LogP contribution is -2.50. The number of fused-ring (bicyclic) bond motifs is 7. The molecule has 1 unspecified atom stereocenters. The van der Waals surface area contributed by atoms with Gasteiger partial charge >= 0.3 is 5.97 Å². The third kappa shape index (κ3) is 6.42. The number of sulfonamides is 1. The number of rotatable bonds is 9. The van der Waals surface area contributed by atoms with Gasteiger partial charge in [0.1, 0.15) is 18.1 Å². The van der Waals surface area contributed by atoms with E-state index in [1.807, 2.05) is 36.4 Å². The van der Waals surface area contributed by atoms with Crippen molar-refractivity contribution in [3.05, 3.63) is 124 Å². The van der Waals surface area contributed by atoms with Crippen LogP contribution in [0.2, 0.25) is 0 Å². The second-order valence-corrected chi connectivity index (χ2v) is 15.7. The van der Waals surface area contributed by atoms with Crippen LogP contribution in [-0.2, 0) is 49.5 Å². The van der Waals surface area contributed by atoms with Gasteiger partial charge in [-0.05, 0) is 65.2 Å². The first-order valence-corrected chi connectivity index (χ1v) is 19.7. The van der Waals surface area contributed by atoms with Crippen LogP contribution < -0.4 is 24.5 Å². The fourth-order valence-electron chi connectivity index (χ4n) is 7.66. The summed E-state index contributed by atoms with van der Waals surface area (Å²) in [5.74, 6) is 0.898. The zero-order valence-corrected chi connectivity index (χ0v) is 31.7. The van der Waals surface area contributed by atoms with Gasteiger partial charge in [0.25, 0.3) is 15.6 Å². The van der Waals surface area contributed by atoms with Crippen LogP contribution >= 0.6 is 0 Å². The number of carbonyl (C=O) groups excluding carboxylic acids is 1. The molecular formula is C42H36N4O10S. The summed E-state index contributed by atoms with van der Waals surface area (Å²) in [6, 6.07) is 26.5. The summed E-state index contributed by atoms with van der Waals surface area (Å²) in [6.45, 7) is 1.26. The molecule has 0 saturated heterocycles. The van der Waals surface area contributed by atoms with Gasteiger partial charge in [-0.15, -0.1) is 0 Å². The molecule has 14 nitrogen and oxygen atoms in total. The molecule has 9 rings (SSSR count). The van der Waals surface area contributed by atoms with E-state index in [2.05, 4.69) is 9.71 Å². The molecule has 0 spiro atoms. The smallest absolute Gasteiger partial charge is 0.328 e. The van der Waals surface area contributed by atoms with Gasteiger partial charge in [0, 0.05) is 29.0 Å². The number of aliphatic hydroxyl groups excluding tert-OH is 1. The number of esters is 1. The van der Waals surface area contributed by atoms with Crippen molar-refractivity contribution >= 4 is 43.5 Å². The van der Waals surface area contributed by atoms with E-state index in [0.29, 0.717) is 45.3 Å². The summed E-state index contributed by atoms with van der Waals surface area (Å²) < 4.78 is 59.7. The highest BCUT2D eigenvalue weighted by molar-refractivity contribution is 7.90. The van der Waals surface area contributed by atoms with Gasteiger partial charge in [-0.1, -0.05) is 49.4 Å². The van der Waals surface area contributed by atoms with E-state index in [0.717, 1.165) is 21.7 Å². The number of aliphatic hydroxyl groups is 1. The summed E-state index contributed by atoms with van der Waals surface area (Å²) in [7, 11) is -2.61. The van der Waals surface area contributed by atoms with Gasteiger partial charge in [-0.25, -0.2) is 13.4 Å². The Morgan fingerprint density at radius 3 is 2.54 bits per heavy atom. The van der Waals surface area contributed by atoms with Crippen molar-refractivity contribution in [2.24, 2.45) is 4.99 Å². The van der Waals surface area contributed by atoms with E-state index in [-0.39, 0.29) is 54.6 Å². The summed E-state index contributed by atoms with van der Waals surface area (Å²) in [5.41, 5.74) is 1.62. The minimum Gasteiger partial charge on any atom is -0.497 e. The van der Waals surface area contributed by atoms with E-state index in [4.69, 9.17) is 28.7 Å².